The number of ether oxygens (including phenoxy) is 2. The Morgan fingerprint density at radius 2 is 0.750 bits per heavy atom. The van der Waals surface area contributed by atoms with Gasteiger partial charge >= 0.3 is 29.6 Å². The third-order valence-electron chi connectivity index (χ3n) is 0.942. The Hall–Kier alpha value is 0.720. The van der Waals surface area contributed by atoms with Gasteiger partial charge in [-0.25, -0.2) is 0 Å². The summed E-state index contributed by atoms with van der Waals surface area (Å²) in [6.45, 7) is 1.39. The fourth-order valence-electron chi connectivity index (χ4n) is 0.462. The van der Waals surface area contributed by atoms with Gasteiger partial charge in [-0.3, -0.25) is 0 Å². The van der Waals surface area contributed by atoms with Crippen LogP contribution in [-0.4, -0.2) is 78.8 Å². The molecule has 8 heteroatoms. The molecule has 96 valence electrons. The van der Waals surface area contributed by atoms with E-state index in [2.05, 4.69) is 9.47 Å². The number of aliphatic hydroxyl groups excluding tert-OH is 4. The van der Waals surface area contributed by atoms with Crippen LogP contribution in [0.1, 0.15) is 0 Å². The molecule has 0 spiro atoms. The van der Waals surface area contributed by atoms with E-state index in [1.54, 1.807) is 0 Å². The molecular weight excluding hydrogens is 231 g/mol. The van der Waals surface area contributed by atoms with Crippen molar-refractivity contribution in [3.05, 3.63) is 0 Å². The zero-order valence-electron chi connectivity index (χ0n) is 9.71. The second kappa shape index (κ2) is 29.6. The molecule has 0 aromatic rings. The van der Waals surface area contributed by atoms with Crippen LogP contribution in [0.4, 0.5) is 0 Å². The van der Waals surface area contributed by atoms with E-state index >= 15 is 0 Å². The van der Waals surface area contributed by atoms with E-state index in [1.165, 1.54) is 0 Å². The van der Waals surface area contributed by atoms with Gasteiger partial charge in [0.25, 0.3) is 0 Å². The van der Waals surface area contributed by atoms with E-state index in [-0.39, 0.29) is 61.5 Å². The summed E-state index contributed by atoms with van der Waals surface area (Å²) in [6, 6.07) is 0. The van der Waals surface area contributed by atoms with Gasteiger partial charge in [-0.1, -0.05) is 0 Å². The van der Waals surface area contributed by atoms with Gasteiger partial charge in [0, 0.05) is 0 Å². The van der Waals surface area contributed by atoms with Crippen molar-refractivity contribution in [2.45, 2.75) is 0 Å². The second-order valence-corrected chi connectivity index (χ2v) is 2.12. The van der Waals surface area contributed by atoms with Crippen molar-refractivity contribution < 1.29 is 64.9 Å². The molecule has 0 saturated carbocycles. The molecule has 0 saturated heterocycles. The Bertz CT molecular complexity index is 68.8. The van der Waals surface area contributed by atoms with E-state index in [0.717, 1.165) is 0 Å². The van der Waals surface area contributed by atoms with E-state index in [4.69, 9.17) is 20.4 Å². The molecule has 0 heterocycles. The average molecular weight is 252 g/mol. The minimum atomic E-state index is 0. The van der Waals surface area contributed by atoms with Crippen molar-refractivity contribution in [1.29, 1.82) is 0 Å². The van der Waals surface area contributed by atoms with Gasteiger partial charge in [0.1, 0.15) is 0 Å². The quantitative estimate of drug-likeness (QED) is 0.251. The summed E-state index contributed by atoms with van der Waals surface area (Å²) in [5.74, 6) is 0. The van der Waals surface area contributed by atoms with Crippen LogP contribution in [0.15, 0.2) is 0 Å². The predicted molar refractivity (Wildman–Crippen MR) is 51.9 cm³/mol. The Morgan fingerprint density at radius 1 is 0.562 bits per heavy atom. The second-order valence-electron chi connectivity index (χ2n) is 2.12. The Kier molecular flexibility index (Phi) is 47.3. The molecule has 0 fully saturated rings. The molecule has 0 aliphatic heterocycles. The van der Waals surface area contributed by atoms with Gasteiger partial charge in [-0.15, -0.1) is 0 Å². The van der Waals surface area contributed by atoms with Gasteiger partial charge in [0.2, 0.25) is 0 Å². The summed E-state index contributed by atoms with van der Waals surface area (Å²) in [4.78, 5) is 0. The van der Waals surface area contributed by atoms with Crippen LogP contribution >= 0.6 is 0 Å². The van der Waals surface area contributed by atoms with Crippen LogP contribution in [0.3, 0.4) is 0 Å². The largest absolute Gasteiger partial charge is 1.00 e. The molecule has 16 heavy (non-hydrogen) atoms. The van der Waals surface area contributed by atoms with E-state index in [1.807, 2.05) is 0 Å². The van der Waals surface area contributed by atoms with Gasteiger partial charge < -0.3 is 35.4 Å². The van der Waals surface area contributed by atoms with Crippen LogP contribution in [-0.2, 0) is 9.47 Å². The standard InChI is InChI=1S/2C4H10O3.Na.H2O/c2*5-1-3-7-4-2-6;;/h2*5-6H,1-4H2;;1H2/q;;+1;/p-1. The Labute approximate surface area is 118 Å². The molecule has 0 amide bonds. The fraction of sp³-hybridized carbons (Fsp3) is 1.00. The maximum Gasteiger partial charge on any atom is 1.00 e. The predicted octanol–water partition coefficient (Wildman–Crippen LogP) is -5.20. The van der Waals surface area contributed by atoms with E-state index < -0.39 is 0 Å². The smallest absolute Gasteiger partial charge is 0.870 e. The van der Waals surface area contributed by atoms with Crippen molar-refractivity contribution in [3.63, 3.8) is 0 Å². The summed E-state index contributed by atoms with van der Waals surface area (Å²) in [7, 11) is 0. The molecule has 0 radical (unpaired) electrons. The molecule has 0 aliphatic carbocycles. The molecule has 0 aliphatic rings. The fourth-order valence-corrected chi connectivity index (χ4v) is 0.462. The van der Waals surface area contributed by atoms with Gasteiger partial charge in [-0.05, 0) is 0 Å². The normalized spacial score (nSPS) is 8.25. The maximum atomic E-state index is 8.09. The van der Waals surface area contributed by atoms with Crippen LogP contribution in [0.25, 0.3) is 0 Å². The van der Waals surface area contributed by atoms with Crippen molar-refractivity contribution >= 4 is 0 Å². The molecule has 0 aromatic carbocycles. The summed E-state index contributed by atoms with van der Waals surface area (Å²) in [6.07, 6.45) is 0. The average Bonchev–Trinajstić information content (AvgIpc) is 2.21. The molecule has 7 nitrogen and oxygen atoms in total. The first-order chi connectivity index (χ1) is 6.83. The first kappa shape index (κ1) is 25.5. The van der Waals surface area contributed by atoms with Crippen LogP contribution in [0.2, 0.25) is 0 Å². The molecule has 0 atom stereocenters. The van der Waals surface area contributed by atoms with E-state index in [0.29, 0.717) is 26.4 Å². The number of hydrogen-bond donors (Lipinski definition) is 4. The first-order valence-electron chi connectivity index (χ1n) is 4.42. The first-order valence-corrected chi connectivity index (χ1v) is 4.42. The van der Waals surface area contributed by atoms with Gasteiger partial charge in [0.05, 0.1) is 52.9 Å². The minimum absolute atomic E-state index is 0. The molecule has 0 rings (SSSR count). The molecule has 0 bridgehead atoms. The van der Waals surface area contributed by atoms with Crippen LogP contribution in [0, 0.1) is 0 Å². The molecule has 0 unspecified atom stereocenters. The summed E-state index contributed by atoms with van der Waals surface area (Å²) in [5.41, 5.74) is 0. The van der Waals surface area contributed by atoms with Gasteiger partial charge in [0.15, 0.2) is 0 Å². The van der Waals surface area contributed by atoms with Crippen molar-refractivity contribution in [2.75, 3.05) is 52.9 Å². The summed E-state index contributed by atoms with van der Waals surface area (Å²) >= 11 is 0. The van der Waals surface area contributed by atoms with Gasteiger partial charge in [-0.2, -0.15) is 0 Å². The van der Waals surface area contributed by atoms with E-state index in [9.17, 15) is 0 Å². The number of aliphatic hydroxyl groups is 4. The van der Waals surface area contributed by atoms with Crippen molar-refractivity contribution in [1.82, 2.24) is 0 Å². The molecule has 5 N–H and O–H groups in total. The van der Waals surface area contributed by atoms with Crippen molar-refractivity contribution in [3.8, 4) is 0 Å². The third-order valence-corrected chi connectivity index (χ3v) is 0.942. The minimum Gasteiger partial charge on any atom is -0.870 e. The number of rotatable bonds is 8. The van der Waals surface area contributed by atoms with Crippen LogP contribution in [0.5, 0.6) is 0 Å². The Balaban J connectivity index is -0.0000000800. The SMILES string of the molecule is OCCOCCO.OCCOCCO.[Na+].[OH-]. The number of hydrogen-bond acceptors (Lipinski definition) is 7. The monoisotopic (exact) mass is 252 g/mol. The third kappa shape index (κ3) is 36.4. The zero-order valence-corrected chi connectivity index (χ0v) is 11.7. The topological polar surface area (TPSA) is 129 Å². The zero-order chi connectivity index (χ0) is 11.1. The maximum absolute atomic E-state index is 8.09. The Morgan fingerprint density at radius 3 is 0.875 bits per heavy atom. The summed E-state index contributed by atoms with van der Waals surface area (Å²) < 4.78 is 9.26. The molecular formula is C8H21NaO7. The molecule has 0 aromatic heterocycles. The van der Waals surface area contributed by atoms with Crippen LogP contribution < -0.4 is 29.6 Å². The van der Waals surface area contributed by atoms with Crippen molar-refractivity contribution in [2.24, 2.45) is 0 Å². The summed E-state index contributed by atoms with van der Waals surface area (Å²) in [5, 5.41) is 32.3.